The van der Waals surface area contributed by atoms with E-state index in [9.17, 15) is 4.79 Å². The van der Waals surface area contributed by atoms with Crippen LogP contribution in [-0.2, 0) is 0 Å². The van der Waals surface area contributed by atoms with Gasteiger partial charge in [-0.1, -0.05) is 18.2 Å². The normalized spacial score (nSPS) is 8.00. The van der Waals surface area contributed by atoms with E-state index in [1.807, 2.05) is 30.3 Å². The summed E-state index contributed by atoms with van der Waals surface area (Å²) in [5.74, 6) is 0. The van der Waals surface area contributed by atoms with Gasteiger partial charge in [0.2, 0.25) is 0 Å². The molecule has 4 heteroatoms. The molecule has 0 radical (unpaired) electrons. The van der Waals surface area contributed by atoms with Gasteiger partial charge in [0.15, 0.2) is 0 Å². The molecular weight excluding hydrogens is 191 g/mol. The molecule has 1 aromatic rings. The van der Waals surface area contributed by atoms with E-state index in [0.29, 0.717) is 27.9 Å². The van der Waals surface area contributed by atoms with E-state index in [1.165, 1.54) is 0 Å². The van der Waals surface area contributed by atoms with Crippen LogP contribution in [0.1, 0.15) is 0 Å². The Labute approximate surface area is 94.0 Å². The summed E-state index contributed by atoms with van der Waals surface area (Å²) in [6.07, 6.45) is 0. The van der Waals surface area contributed by atoms with Crippen molar-refractivity contribution in [1.82, 2.24) is 0 Å². The van der Waals surface area contributed by atoms with Crippen LogP contribution in [0.15, 0.2) is 35.2 Å². The molecule has 0 spiro atoms. The molecule has 0 fully saturated rings. The molecule has 0 aromatic heterocycles. The fraction of sp³-hybridized carbons (Fsp3) is 0. The van der Waals surface area contributed by atoms with Crippen LogP contribution < -0.4 is 0 Å². The summed E-state index contributed by atoms with van der Waals surface area (Å²) in [5.41, 5.74) is 0. The van der Waals surface area contributed by atoms with Gasteiger partial charge in [-0.15, -0.1) is 12.6 Å². The molecule has 1 aromatic carbocycles. The van der Waals surface area contributed by atoms with Gasteiger partial charge in [-0.3, -0.25) is 0 Å². The largest absolute Gasteiger partial charge is 0.143 e. The maximum atomic E-state index is 9.27. The Morgan fingerprint density at radius 2 is 1.73 bits per heavy atom. The third-order valence-corrected chi connectivity index (χ3v) is 1.05. The van der Waals surface area contributed by atoms with Crippen molar-refractivity contribution in [1.29, 1.82) is 0 Å². The molecule has 0 aliphatic carbocycles. The second-order valence-electron chi connectivity index (χ2n) is 1.81. The zero-order valence-electron chi connectivity index (χ0n) is 6.12. The zero-order chi connectivity index (χ0) is 8.69. The summed E-state index contributed by atoms with van der Waals surface area (Å²) in [5, 5.41) is 0. The van der Waals surface area contributed by atoms with Gasteiger partial charge in [0.05, 0.1) is 0 Å². The molecule has 0 amide bonds. The summed E-state index contributed by atoms with van der Waals surface area (Å²) >= 11 is 9.26. The van der Waals surface area contributed by atoms with Crippen molar-refractivity contribution >= 4 is 54.7 Å². The second-order valence-corrected chi connectivity index (χ2v) is 4.40. The van der Waals surface area contributed by atoms with E-state index in [1.54, 1.807) is 0 Å². The first-order chi connectivity index (χ1) is 5.13. The third-order valence-electron chi connectivity index (χ3n) is 0.756. The van der Waals surface area contributed by atoms with Gasteiger partial charge >= 0.3 is 46.8 Å². The summed E-state index contributed by atoms with van der Waals surface area (Å²) in [4.78, 5) is 10.3. The van der Waals surface area contributed by atoms with Crippen LogP contribution in [0.3, 0.4) is 0 Å². The Balaban J connectivity index is 0.000000218. The SMILES string of the molecule is O=[C]([Na])Cl.Sc1ccccc1. The summed E-state index contributed by atoms with van der Waals surface area (Å²) in [6, 6.07) is 9.79. The smallest absolute Gasteiger partial charge is 0.00399 e. The van der Waals surface area contributed by atoms with E-state index < -0.39 is 0 Å². The molecule has 0 unspecified atom stereocenters. The van der Waals surface area contributed by atoms with Crippen LogP contribution in [0, 0.1) is 0 Å². The predicted octanol–water partition coefficient (Wildman–Crippen LogP) is 2.49. The minimum atomic E-state index is -0.222. The van der Waals surface area contributed by atoms with E-state index in [-0.39, 0.29) is 2.49 Å². The molecular formula is C7H6ClNaOS. The molecule has 1 nitrogen and oxygen atoms in total. The number of halogens is 1. The Hall–Kier alpha value is 0.530. The molecule has 0 aliphatic rings. The van der Waals surface area contributed by atoms with Gasteiger partial charge in [0.25, 0.3) is 0 Å². The maximum Gasteiger partial charge on any atom is 0.00399 e. The second kappa shape index (κ2) is 7.19. The molecule has 0 saturated heterocycles. The third kappa shape index (κ3) is 10.5. The fourth-order valence-electron chi connectivity index (χ4n) is 0.428. The van der Waals surface area contributed by atoms with E-state index >= 15 is 0 Å². The van der Waals surface area contributed by atoms with Gasteiger partial charge in [-0.2, -0.15) is 0 Å². The predicted molar refractivity (Wildman–Crippen MR) is 50.7 cm³/mol. The minimum absolute atomic E-state index is 0.222. The number of thiol groups is 1. The van der Waals surface area contributed by atoms with E-state index in [4.69, 9.17) is 11.6 Å². The zero-order valence-corrected chi connectivity index (χ0v) is 9.77. The van der Waals surface area contributed by atoms with E-state index in [2.05, 4.69) is 12.6 Å². The van der Waals surface area contributed by atoms with Crippen LogP contribution in [0.2, 0.25) is 0 Å². The molecule has 0 bridgehead atoms. The maximum absolute atomic E-state index is 9.27. The van der Waals surface area contributed by atoms with Crippen LogP contribution in [0.4, 0.5) is 4.79 Å². The van der Waals surface area contributed by atoms with Crippen molar-refractivity contribution in [2.24, 2.45) is 0 Å². The van der Waals surface area contributed by atoms with Crippen molar-refractivity contribution in [2.45, 2.75) is 4.90 Å². The molecule has 11 heavy (non-hydrogen) atoms. The minimum Gasteiger partial charge on any atom is -0.143 e. The van der Waals surface area contributed by atoms with Crippen molar-refractivity contribution in [2.75, 3.05) is 0 Å². The average Bonchev–Trinajstić information content (AvgIpc) is 1.87. The topological polar surface area (TPSA) is 17.1 Å². The van der Waals surface area contributed by atoms with Crippen LogP contribution in [-0.4, -0.2) is 30.4 Å². The van der Waals surface area contributed by atoms with Crippen molar-refractivity contribution in [3.63, 3.8) is 0 Å². The van der Waals surface area contributed by atoms with E-state index in [0.717, 1.165) is 4.90 Å². The Morgan fingerprint density at radius 1 is 1.36 bits per heavy atom. The summed E-state index contributed by atoms with van der Waals surface area (Å²) < 4.78 is -0.222. The number of benzene rings is 1. The molecule has 0 N–H and O–H groups in total. The summed E-state index contributed by atoms with van der Waals surface area (Å²) in [7, 11) is 0. The van der Waals surface area contributed by atoms with Crippen LogP contribution in [0.25, 0.3) is 0 Å². The molecule has 1 rings (SSSR count). The Bertz CT molecular complexity index is 211. The molecule has 0 atom stereocenters. The van der Waals surface area contributed by atoms with Crippen LogP contribution >= 0.6 is 24.2 Å². The number of rotatable bonds is 0. The standard InChI is InChI=1S/C6H6S.CClO.Na/c7-6-4-2-1-3-5-6;2-1-3;/h1-5,7H;;. The first-order valence-electron chi connectivity index (χ1n) is 3.03. The van der Waals surface area contributed by atoms with Crippen molar-refractivity contribution in [3.8, 4) is 0 Å². The monoisotopic (exact) mass is 196 g/mol. The first kappa shape index (κ1) is 11.5. The Kier molecular flexibility index (Phi) is 7.54. The molecule has 0 aliphatic heterocycles. The average molecular weight is 197 g/mol. The van der Waals surface area contributed by atoms with Gasteiger partial charge in [0, 0.05) is 4.90 Å². The molecule has 54 valence electrons. The number of carbonyl (C=O) groups is 1. The quantitative estimate of drug-likeness (QED) is 0.383. The fourth-order valence-corrected chi connectivity index (χ4v) is 0.600. The Morgan fingerprint density at radius 3 is 1.91 bits per heavy atom. The number of hydrogen-bond donors (Lipinski definition) is 1. The number of carbonyl (C=O) groups excluding carboxylic acids is 1. The van der Waals surface area contributed by atoms with Crippen molar-refractivity contribution < 1.29 is 4.79 Å². The van der Waals surface area contributed by atoms with Gasteiger partial charge in [0.1, 0.15) is 0 Å². The van der Waals surface area contributed by atoms with Crippen molar-refractivity contribution in [3.05, 3.63) is 30.3 Å². The van der Waals surface area contributed by atoms with Gasteiger partial charge in [-0.25, -0.2) is 0 Å². The van der Waals surface area contributed by atoms with Gasteiger partial charge < -0.3 is 0 Å². The summed E-state index contributed by atoms with van der Waals surface area (Å²) in [6.45, 7) is 0. The van der Waals surface area contributed by atoms with Crippen LogP contribution in [0.5, 0.6) is 0 Å². The van der Waals surface area contributed by atoms with Gasteiger partial charge in [-0.05, 0) is 12.1 Å². The first-order valence-corrected chi connectivity index (χ1v) is 4.85. The molecule has 0 saturated carbocycles. The number of hydrogen-bond acceptors (Lipinski definition) is 2. The molecule has 0 heterocycles.